The Labute approximate surface area is 164 Å². The van der Waals surface area contributed by atoms with Crippen LogP contribution >= 0.6 is 0 Å². The van der Waals surface area contributed by atoms with Gasteiger partial charge in [0.1, 0.15) is 11.6 Å². The molecule has 0 bridgehead atoms. The van der Waals surface area contributed by atoms with E-state index < -0.39 is 24.2 Å². The van der Waals surface area contributed by atoms with Crippen LogP contribution in [0.2, 0.25) is 0 Å². The highest BCUT2D eigenvalue weighted by Gasteiger charge is 2.47. The zero-order valence-corrected chi connectivity index (χ0v) is 15.5. The Morgan fingerprint density at radius 1 is 1.28 bits per heavy atom. The molecule has 3 aromatic rings. The summed E-state index contributed by atoms with van der Waals surface area (Å²) < 4.78 is 47.1. The van der Waals surface area contributed by atoms with Gasteiger partial charge in [-0.25, -0.2) is 4.68 Å². The van der Waals surface area contributed by atoms with Gasteiger partial charge in [-0.2, -0.15) is 18.3 Å². The number of fused-ring (bicyclic) bond motifs is 1. The van der Waals surface area contributed by atoms with E-state index in [1.165, 1.54) is 12.3 Å². The minimum atomic E-state index is -4.52. The Morgan fingerprint density at radius 2 is 2.03 bits per heavy atom. The number of hydrogen-bond donors (Lipinski definition) is 2. The second-order valence-electron chi connectivity index (χ2n) is 6.97. The van der Waals surface area contributed by atoms with Gasteiger partial charge in [-0.05, 0) is 24.6 Å². The lowest BCUT2D eigenvalue weighted by Crippen LogP contribution is -2.35. The molecule has 1 aliphatic heterocycles. The largest absolute Gasteiger partial charge is 0.467 e. The van der Waals surface area contributed by atoms with Crippen LogP contribution in [-0.2, 0) is 0 Å². The summed E-state index contributed by atoms with van der Waals surface area (Å²) in [7, 11) is 0. The Balaban J connectivity index is 1.59. The van der Waals surface area contributed by atoms with Crippen LogP contribution in [0.1, 0.15) is 53.3 Å². The van der Waals surface area contributed by atoms with Gasteiger partial charge in [0.2, 0.25) is 0 Å². The van der Waals surface area contributed by atoms with Gasteiger partial charge >= 0.3 is 6.18 Å². The fourth-order valence-electron chi connectivity index (χ4n) is 3.46. The van der Waals surface area contributed by atoms with E-state index in [1.54, 1.807) is 19.1 Å². The van der Waals surface area contributed by atoms with Crippen molar-refractivity contribution < 1.29 is 22.4 Å². The number of carbonyl (C=O) groups is 1. The first-order chi connectivity index (χ1) is 13.8. The number of nitrogens with zero attached hydrogens (tertiary/aromatic N) is 2. The summed E-state index contributed by atoms with van der Waals surface area (Å²) in [5.74, 6) is -0.0200. The maximum atomic E-state index is 13.7. The Morgan fingerprint density at radius 3 is 2.69 bits per heavy atom. The first-order valence-electron chi connectivity index (χ1n) is 9.15. The van der Waals surface area contributed by atoms with Gasteiger partial charge in [-0.15, -0.1) is 0 Å². The van der Waals surface area contributed by atoms with Crippen LogP contribution in [0.15, 0.2) is 59.2 Å². The monoisotopic (exact) mass is 404 g/mol. The minimum Gasteiger partial charge on any atom is -0.467 e. The predicted octanol–water partition coefficient (Wildman–Crippen LogP) is 4.63. The fraction of sp³-hybridized carbons (Fsp3) is 0.300. The van der Waals surface area contributed by atoms with E-state index in [2.05, 4.69) is 15.7 Å². The van der Waals surface area contributed by atoms with Crippen LogP contribution in [0.4, 0.5) is 19.0 Å². The highest BCUT2D eigenvalue weighted by molar-refractivity contribution is 5.93. The average Bonchev–Trinajstić information content (AvgIpc) is 3.36. The molecule has 152 valence electrons. The van der Waals surface area contributed by atoms with Crippen molar-refractivity contribution in [1.82, 2.24) is 15.1 Å². The first-order valence-corrected chi connectivity index (χ1v) is 9.15. The molecule has 0 spiro atoms. The highest BCUT2D eigenvalue weighted by atomic mass is 19.4. The molecule has 9 heteroatoms. The number of furan rings is 1. The van der Waals surface area contributed by atoms with Crippen LogP contribution in [0.25, 0.3) is 0 Å². The summed E-state index contributed by atoms with van der Waals surface area (Å²) in [6.45, 7) is 1.80. The van der Waals surface area contributed by atoms with Crippen molar-refractivity contribution in [2.24, 2.45) is 0 Å². The van der Waals surface area contributed by atoms with Crippen molar-refractivity contribution in [2.75, 3.05) is 5.32 Å². The lowest BCUT2D eigenvalue weighted by molar-refractivity contribution is -0.174. The molecule has 29 heavy (non-hydrogen) atoms. The van der Waals surface area contributed by atoms with Gasteiger partial charge < -0.3 is 15.1 Å². The molecule has 3 heterocycles. The number of alkyl halides is 3. The van der Waals surface area contributed by atoms with Gasteiger partial charge in [0, 0.05) is 12.5 Å². The number of aromatic nitrogens is 2. The SMILES string of the molecule is C[C@H](NC(=O)c1cc2n(n1)[C@@H](C(F)(F)F)C[C@H](c1ccco1)N2)c1ccccc1. The topological polar surface area (TPSA) is 72.1 Å². The van der Waals surface area contributed by atoms with Crippen LogP contribution in [0, 0.1) is 0 Å². The number of nitrogens with one attached hydrogen (secondary N) is 2. The van der Waals surface area contributed by atoms with E-state index in [1.807, 2.05) is 30.3 Å². The summed E-state index contributed by atoms with van der Waals surface area (Å²) >= 11 is 0. The fourth-order valence-corrected chi connectivity index (χ4v) is 3.46. The van der Waals surface area contributed by atoms with Crippen molar-refractivity contribution in [3.05, 3.63) is 71.8 Å². The Bertz CT molecular complexity index is 983. The molecule has 0 aliphatic carbocycles. The average molecular weight is 404 g/mol. The minimum absolute atomic E-state index is 0.0790. The molecule has 1 aromatic carbocycles. The smallest absolute Gasteiger partial charge is 0.410 e. The molecule has 2 N–H and O–H groups in total. The molecule has 1 amide bonds. The zero-order valence-electron chi connectivity index (χ0n) is 15.5. The number of benzene rings is 1. The highest BCUT2D eigenvalue weighted by Crippen LogP contribution is 2.43. The number of halogens is 3. The first kappa shape index (κ1) is 19.1. The predicted molar refractivity (Wildman–Crippen MR) is 99.3 cm³/mol. The van der Waals surface area contributed by atoms with E-state index in [4.69, 9.17) is 4.42 Å². The van der Waals surface area contributed by atoms with E-state index in [-0.39, 0.29) is 24.0 Å². The number of amides is 1. The lowest BCUT2D eigenvalue weighted by Gasteiger charge is -2.32. The summed E-state index contributed by atoms with van der Waals surface area (Å²) in [5.41, 5.74) is 0.804. The number of hydrogen-bond acceptors (Lipinski definition) is 4. The molecule has 0 radical (unpaired) electrons. The number of anilines is 1. The Kier molecular flexibility index (Phi) is 4.81. The van der Waals surface area contributed by atoms with Crippen LogP contribution in [0.3, 0.4) is 0 Å². The van der Waals surface area contributed by atoms with Gasteiger partial charge in [-0.3, -0.25) is 4.79 Å². The standard InChI is InChI=1S/C20H19F3N4O2/c1-12(13-6-3-2-4-7-13)24-19(28)15-11-18-25-14(16-8-5-9-29-16)10-17(20(21,22)23)27(18)26-15/h2-9,11-12,14,17,25H,10H2,1H3,(H,24,28)/t12-,14+,17+/m0/s1. The molecule has 4 rings (SSSR count). The van der Waals surface area contributed by atoms with E-state index in [0.29, 0.717) is 5.76 Å². The van der Waals surface area contributed by atoms with Gasteiger partial charge in [0.25, 0.3) is 5.91 Å². The molecular weight excluding hydrogens is 385 g/mol. The van der Waals surface area contributed by atoms with Crippen molar-refractivity contribution in [3.8, 4) is 0 Å². The molecular formula is C20H19F3N4O2. The van der Waals surface area contributed by atoms with E-state index >= 15 is 0 Å². The second kappa shape index (κ2) is 7.31. The molecule has 2 aromatic heterocycles. The molecule has 3 atom stereocenters. The summed E-state index contributed by atoms with van der Waals surface area (Å²) in [6.07, 6.45) is -3.39. The third-order valence-corrected chi connectivity index (χ3v) is 4.96. The molecule has 0 fully saturated rings. The maximum absolute atomic E-state index is 13.7. The van der Waals surface area contributed by atoms with Crippen molar-refractivity contribution in [1.29, 1.82) is 0 Å². The summed E-state index contributed by atoms with van der Waals surface area (Å²) in [6, 6.07) is 11.0. The van der Waals surface area contributed by atoms with Gasteiger partial charge in [0.05, 0.1) is 18.3 Å². The van der Waals surface area contributed by atoms with Crippen molar-refractivity contribution >= 4 is 11.7 Å². The number of carbonyl (C=O) groups excluding carboxylic acids is 1. The molecule has 6 nitrogen and oxygen atoms in total. The van der Waals surface area contributed by atoms with E-state index in [0.717, 1.165) is 10.2 Å². The third-order valence-electron chi connectivity index (χ3n) is 4.96. The van der Waals surface area contributed by atoms with Crippen LogP contribution in [0.5, 0.6) is 0 Å². The quantitative estimate of drug-likeness (QED) is 0.665. The van der Waals surface area contributed by atoms with Gasteiger partial charge in [0.15, 0.2) is 11.7 Å². The molecule has 1 aliphatic rings. The maximum Gasteiger partial charge on any atom is 0.410 e. The van der Waals surface area contributed by atoms with E-state index in [9.17, 15) is 18.0 Å². The number of rotatable bonds is 4. The molecule has 0 saturated heterocycles. The van der Waals surface area contributed by atoms with Crippen molar-refractivity contribution in [2.45, 2.75) is 37.6 Å². The van der Waals surface area contributed by atoms with Crippen molar-refractivity contribution in [3.63, 3.8) is 0 Å². The second-order valence-corrected chi connectivity index (χ2v) is 6.97. The zero-order chi connectivity index (χ0) is 20.6. The molecule has 0 saturated carbocycles. The van der Waals surface area contributed by atoms with Crippen LogP contribution < -0.4 is 10.6 Å². The lowest BCUT2D eigenvalue weighted by atomic mass is 10.0. The summed E-state index contributed by atoms with van der Waals surface area (Å²) in [4.78, 5) is 12.6. The van der Waals surface area contributed by atoms with Gasteiger partial charge in [-0.1, -0.05) is 30.3 Å². The molecule has 0 unspecified atom stereocenters. The Hall–Kier alpha value is -3.23. The normalized spacial score (nSPS) is 19.9. The van der Waals surface area contributed by atoms with Crippen LogP contribution in [-0.4, -0.2) is 21.9 Å². The third kappa shape index (κ3) is 3.85. The summed E-state index contributed by atoms with van der Waals surface area (Å²) in [5, 5.41) is 9.71.